The molecule has 0 saturated carbocycles. The number of nitrogens with zero attached hydrogens (tertiary/aromatic N) is 2. The molecule has 0 spiro atoms. The van der Waals surface area contributed by atoms with Gasteiger partial charge in [0, 0.05) is 25.7 Å². The molecule has 0 unspecified atom stereocenters. The van der Waals surface area contributed by atoms with Crippen molar-refractivity contribution in [2.75, 3.05) is 17.4 Å². The van der Waals surface area contributed by atoms with Crippen LogP contribution in [0.15, 0.2) is 77.7 Å². The minimum absolute atomic E-state index is 0.205. The fourth-order valence-electron chi connectivity index (χ4n) is 4.45. The van der Waals surface area contributed by atoms with Gasteiger partial charge >= 0.3 is 6.18 Å². The molecule has 35 heavy (non-hydrogen) atoms. The van der Waals surface area contributed by atoms with Crippen molar-refractivity contribution >= 4 is 15.7 Å². The number of halogens is 4. The van der Waals surface area contributed by atoms with E-state index in [1.807, 2.05) is 0 Å². The number of hydrogen-bond acceptors (Lipinski definition) is 3. The van der Waals surface area contributed by atoms with Crippen LogP contribution in [0.25, 0.3) is 0 Å². The highest BCUT2D eigenvalue weighted by molar-refractivity contribution is 7.93. The van der Waals surface area contributed by atoms with E-state index in [4.69, 9.17) is 0 Å². The fourth-order valence-corrected chi connectivity index (χ4v) is 6.39. The maximum Gasteiger partial charge on any atom is 0.416 e. The number of anilines is 1. The third-order valence-electron chi connectivity index (χ3n) is 6.29. The van der Waals surface area contributed by atoms with Gasteiger partial charge in [-0.05, 0) is 73.4 Å². The van der Waals surface area contributed by atoms with Crippen molar-refractivity contribution in [3.63, 3.8) is 0 Å². The first-order chi connectivity index (χ1) is 16.6. The molecule has 0 aliphatic carbocycles. The van der Waals surface area contributed by atoms with Crippen LogP contribution in [0.2, 0.25) is 0 Å². The lowest BCUT2D eigenvalue weighted by atomic mass is 10.0. The molecule has 0 bridgehead atoms. The highest BCUT2D eigenvalue weighted by Gasteiger charge is 2.35. The van der Waals surface area contributed by atoms with Gasteiger partial charge in [0.1, 0.15) is 5.82 Å². The van der Waals surface area contributed by atoms with Gasteiger partial charge in [0.2, 0.25) is 0 Å². The number of aryl methyl sites for hydroxylation is 1. The summed E-state index contributed by atoms with van der Waals surface area (Å²) in [5.41, 5.74) is 1.10. The van der Waals surface area contributed by atoms with E-state index in [2.05, 4.69) is 4.90 Å². The van der Waals surface area contributed by atoms with Gasteiger partial charge in [0.15, 0.2) is 0 Å². The van der Waals surface area contributed by atoms with Gasteiger partial charge in [-0.25, -0.2) is 12.8 Å². The summed E-state index contributed by atoms with van der Waals surface area (Å²) in [4.78, 5) is 2.30. The third-order valence-corrected chi connectivity index (χ3v) is 8.33. The summed E-state index contributed by atoms with van der Waals surface area (Å²) in [6.45, 7) is 3.37. The topological polar surface area (TPSA) is 40.6 Å². The molecule has 1 fully saturated rings. The maximum atomic E-state index is 13.7. The molecule has 0 amide bonds. The molecule has 3 aromatic rings. The molecular weight excluding hydrogens is 480 g/mol. The summed E-state index contributed by atoms with van der Waals surface area (Å²) in [7, 11) is -3.91. The number of likely N-dealkylation sites (tertiary alicyclic amines) is 1. The first kappa shape index (κ1) is 25.2. The van der Waals surface area contributed by atoms with Gasteiger partial charge in [-0.1, -0.05) is 30.3 Å². The Kier molecular flexibility index (Phi) is 7.19. The van der Waals surface area contributed by atoms with E-state index in [1.54, 1.807) is 31.2 Å². The summed E-state index contributed by atoms with van der Waals surface area (Å²) in [6, 6.07) is 17.0. The zero-order chi connectivity index (χ0) is 25.2. The lowest BCUT2D eigenvalue weighted by molar-refractivity contribution is -0.137. The van der Waals surface area contributed by atoms with Gasteiger partial charge in [0.25, 0.3) is 10.0 Å². The molecule has 1 aliphatic heterocycles. The Bertz CT molecular complexity index is 1250. The van der Waals surface area contributed by atoms with Crippen molar-refractivity contribution in [1.29, 1.82) is 0 Å². The van der Waals surface area contributed by atoms with Crippen LogP contribution >= 0.6 is 0 Å². The van der Waals surface area contributed by atoms with Crippen LogP contribution in [-0.4, -0.2) is 32.4 Å². The summed E-state index contributed by atoms with van der Waals surface area (Å²) in [5, 5.41) is 0. The van der Waals surface area contributed by atoms with Crippen LogP contribution in [-0.2, 0) is 22.7 Å². The third kappa shape index (κ3) is 5.67. The molecule has 0 aromatic heterocycles. The van der Waals surface area contributed by atoms with Gasteiger partial charge in [-0.15, -0.1) is 0 Å². The summed E-state index contributed by atoms with van der Waals surface area (Å²) in [5.74, 6) is -0.451. The SMILES string of the molecule is Cc1ccccc1S(=O)(=O)N(c1ccc(F)cc1)C1CCN(Cc2ccc(C(F)(F)F)cc2)CC1. The lowest BCUT2D eigenvalue weighted by Gasteiger charge is -2.39. The Morgan fingerprint density at radius 3 is 2.09 bits per heavy atom. The highest BCUT2D eigenvalue weighted by atomic mass is 32.2. The van der Waals surface area contributed by atoms with E-state index in [-0.39, 0.29) is 10.9 Å². The van der Waals surface area contributed by atoms with Crippen LogP contribution in [0.3, 0.4) is 0 Å². The number of piperidine rings is 1. The van der Waals surface area contributed by atoms with E-state index in [9.17, 15) is 26.0 Å². The van der Waals surface area contributed by atoms with Gasteiger partial charge in [-0.3, -0.25) is 9.21 Å². The maximum absolute atomic E-state index is 13.7. The number of benzene rings is 3. The molecule has 1 saturated heterocycles. The van der Waals surface area contributed by atoms with Gasteiger partial charge in [0.05, 0.1) is 16.1 Å². The second-order valence-electron chi connectivity index (χ2n) is 8.74. The van der Waals surface area contributed by atoms with Crippen LogP contribution < -0.4 is 4.31 Å². The van der Waals surface area contributed by atoms with Crippen molar-refractivity contribution in [2.24, 2.45) is 0 Å². The Morgan fingerprint density at radius 1 is 0.914 bits per heavy atom. The quantitative estimate of drug-likeness (QED) is 0.385. The zero-order valence-electron chi connectivity index (χ0n) is 19.2. The average molecular weight is 507 g/mol. The number of hydrogen-bond donors (Lipinski definition) is 0. The second kappa shape index (κ2) is 9.99. The molecule has 0 radical (unpaired) electrons. The van der Waals surface area contributed by atoms with Crippen LogP contribution in [0.1, 0.15) is 29.5 Å². The smallest absolute Gasteiger partial charge is 0.299 e. The number of sulfonamides is 1. The largest absolute Gasteiger partial charge is 0.416 e. The fraction of sp³-hybridized carbons (Fsp3) is 0.308. The van der Waals surface area contributed by atoms with Crippen LogP contribution in [0, 0.1) is 12.7 Å². The molecule has 3 aromatic carbocycles. The minimum atomic E-state index is -4.37. The summed E-state index contributed by atoms with van der Waals surface area (Å²) >= 11 is 0. The summed E-state index contributed by atoms with van der Waals surface area (Å²) in [6.07, 6.45) is -3.31. The van der Waals surface area contributed by atoms with E-state index in [0.29, 0.717) is 43.7 Å². The van der Waals surface area contributed by atoms with Crippen LogP contribution in [0.4, 0.5) is 23.2 Å². The van der Waals surface area contributed by atoms with Gasteiger partial charge < -0.3 is 0 Å². The molecule has 4 nitrogen and oxygen atoms in total. The monoisotopic (exact) mass is 506 g/mol. The average Bonchev–Trinajstić information content (AvgIpc) is 2.81. The Hall–Kier alpha value is -2.91. The molecule has 9 heteroatoms. The van der Waals surface area contributed by atoms with E-state index >= 15 is 0 Å². The van der Waals surface area contributed by atoms with E-state index < -0.39 is 27.6 Å². The first-order valence-corrected chi connectivity index (χ1v) is 12.7. The van der Waals surface area contributed by atoms with Crippen molar-refractivity contribution in [3.8, 4) is 0 Å². The standard InChI is InChI=1S/C26H26F4N2O2S/c1-19-4-2-3-5-25(19)35(33,34)32(23-12-10-22(27)11-13-23)24-14-16-31(17-15-24)18-20-6-8-21(9-7-20)26(28,29)30/h2-13,24H,14-18H2,1H3. The highest BCUT2D eigenvalue weighted by Crippen LogP contribution is 2.33. The van der Waals surface area contributed by atoms with E-state index in [1.165, 1.54) is 40.7 Å². The van der Waals surface area contributed by atoms with Crippen molar-refractivity contribution in [3.05, 3.63) is 95.3 Å². The Balaban J connectivity index is 1.53. The molecule has 186 valence electrons. The van der Waals surface area contributed by atoms with Crippen LogP contribution in [0.5, 0.6) is 0 Å². The normalized spacial score (nSPS) is 15.8. The number of rotatable bonds is 6. The van der Waals surface area contributed by atoms with Gasteiger partial charge in [-0.2, -0.15) is 13.2 Å². The molecule has 1 heterocycles. The second-order valence-corrected chi connectivity index (χ2v) is 10.5. The Labute approximate surface area is 202 Å². The molecule has 0 atom stereocenters. The predicted octanol–water partition coefficient (Wildman–Crippen LogP) is 6.01. The molecule has 4 rings (SSSR count). The first-order valence-electron chi connectivity index (χ1n) is 11.3. The Morgan fingerprint density at radius 2 is 1.51 bits per heavy atom. The zero-order valence-corrected chi connectivity index (χ0v) is 20.0. The number of alkyl halides is 3. The van der Waals surface area contributed by atoms with Crippen molar-refractivity contribution < 1.29 is 26.0 Å². The molecular formula is C26H26F4N2O2S. The molecule has 0 N–H and O–H groups in total. The predicted molar refractivity (Wildman–Crippen MR) is 127 cm³/mol. The minimum Gasteiger partial charge on any atom is -0.299 e. The summed E-state index contributed by atoms with van der Waals surface area (Å²) < 4.78 is 80.9. The van der Waals surface area contributed by atoms with Crippen molar-refractivity contribution in [2.45, 2.75) is 43.4 Å². The van der Waals surface area contributed by atoms with E-state index in [0.717, 1.165) is 17.7 Å². The molecule has 1 aliphatic rings. The van der Waals surface area contributed by atoms with Crippen molar-refractivity contribution in [1.82, 2.24) is 4.90 Å². The lowest BCUT2D eigenvalue weighted by Crippen LogP contribution is -2.47.